The zero-order valence-corrected chi connectivity index (χ0v) is 6.95. The fraction of sp³-hybridized carbons (Fsp3) is 0. The SMILES string of the molecule is O=CC(=O)c1nc2ccc(F)cc2[nH]1. The summed E-state index contributed by atoms with van der Waals surface area (Å²) in [4.78, 5) is 27.5. The number of carbonyl (C=O) groups is 2. The lowest BCUT2D eigenvalue weighted by molar-refractivity contribution is -0.104. The number of aromatic nitrogens is 2. The van der Waals surface area contributed by atoms with Crippen LogP contribution >= 0.6 is 0 Å². The number of aromatic amines is 1. The Bertz CT molecular complexity index is 519. The molecule has 0 amide bonds. The van der Waals surface area contributed by atoms with Crippen LogP contribution in [-0.2, 0) is 4.79 Å². The molecule has 0 spiro atoms. The monoisotopic (exact) mass is 192 g/mol. The maximum absolute atomic E-state index is 12.7. The van der Waals surface area contributed by atoms with Gasteiger partial charge in [0.25, 0.3) is 5.78 Å². The predicted octanol–water partition coefficient (Wildman–Crippen LogP) is 1.08. The molecule has 0 fully saturated rings. The third-order valence-electron chi connectivity index (χ3n) is 1.78. The fourth-order valence-electron chi connectivity index (χ4n) is 1.15. The number of imidazole rings is 1. The summed E-state index contributed by atoms with van der Waals surface area (Å²) in [5, 5.41) is 0. The quantitative estimate of drug-likeness (QED) is 0.440. The number of nitrogens with one attached hydrogen (secondary N) is 1. The largest absolute Gasteiger partial charge is 0.335 e. The molecule has 0 atom stereocenters. The highest BCUT2D eigenvalue weighted by Crippen LogP contribution is 2.12. The molecule has 5 heteroatoms. The van der Waals surface area contributed by atoms with Crippen LogP contribution in [0.15, 0.2) is 18.2 Å². The number of benzene rings is 1. The van der Waals surface area contributed by atoms with Gasteiger partial charge in [0.1, 0.15) is 5.82 Å². The first-order valence-corrected chi connectivity index (χ1v) is 3.85. The molecular weight excluding hydrogens is 187 g/mol. The summed E-state index contributed by atoms with van der Waals surface area (Å²) in [5.74, 6) is -1.24. The van der Waals surface area contributed by atoms with Gasteiger partial charge in [-0.25, -0.2) is 9.37 Å². The molecule has 70 valence electrons. The minimum absolute atomic E-state index is 0.0689. The first-order chi connectivity index (χ1) is 6.70. The normalized spacial score (nSPS) is 10.4. The van der Waals surface area contributed by atoms with E-state index in [1.807, 2.05) is 0 Å². The second-order valence-corrected chi connectivity index (χ2v) is 2.73. The fourth-order valence-corrected chi connectivity index (χ4v) is 1.15. The van der Waals surface area contributed by atoms with Gasteiger partial charge in [0, 0.05) is 0 Å². The first kappa shape index (κ1) is 8.55. The average Bonchev–Trinajstić information content (AvgIpc) is 2.59. The van der Waals surface area contributed by atoms with E-state index in [2.05, 4.69) is 9.97 Å². The summed E-state index contributed by atoms with van der Waals surface area (Å²) < 4.78 is 12.7. The lowest BCUT2D eigenvalue weighted by Crippen LogP contribution is -2.01. The van der Waals surface area contributed by atoms with E-state index in [0.29, 0.717) is 11.0 Å². The van der Waals surface area contributed by atoms with Crippen LogP contribution in [0.5, 0.6) is 0 Å². The van der Waals surface area contributed by atoms with Crippen molar-refractivity contribution < 1.29 is 14.0 Å². The number of ketones is 1. The number of nitrogens with zero attached hydrogens (tertiary/aromatic N) is 1. The van der Waals surface area contributed by atoms with Gasteiger partial charge in [-0.3, -0.25) is 9.59 Å². The van der Waals surface area contributed by atoms with E-state index in [9.17, 15) is 14.0 Å². The number of aldehydes is 1. The van der Waals surface area contributed by atoms with Crippen molar-refractivity contribution in [3.63, 3.8) is 0 Å². The molecule has 2 rings (SSSR count). The van der Waals surface area contributed by atoms with Crippen molar-refractivity contribution in [1.29, 1.82) is 0 Å². The summed E-state index contributed by atoms with van der Waals surface area (Å²) >= 11 is 0. The average molecular weight is 192 g/mol. The van der Waals surface area contributed by atoms with Crippen molar-refractivity contribution in [3.05, 3.63) is 29.8 Å². The zero-order chi connectivity index (χ0) is 10.1. The first-order valence-electron chi connectivity index (χ1n) is 3.85. The molecule has 0 aliphatic heterocycles. The Kier molecular flexibility index (Phi) is 1.85. The summed E-state index contributed by atoms with van der Waals surface area (Å²) in [6.07, 6.45) is 0.161. The van der Waals surface area contributed by atoms with E-state index in [4.69, 9.17) is 0 Å². The molecule has 1 aromatic heterocycles. The van der Waals surface area contributed by atoms with Crippen molar-refractivity contribution in [2.45, 2.75) is 0 Å². The van der Waals surface area contributed by atoms with Gasteiger partial charge in [-0.1, -0.05) is 0 Å². The van der Waals surface area contributed by atoms with E-state index < -0.39 is 11.6 Å². The van der Waals surface area contributed by atoms with E-state index in [1.165, 1.54) is 18.2 Å². The highest BCUT2D eigenvalue weighted by atomic mass is 19.1. The Morgan fingerprint density at radius 1 is 1.50 bits per heavy atom. The van der Waals surface area contributed by atoms with Gasteiger partial charge in [0.05, 0.1) is 11.0 Å². The molecule has 0 bridgehead atoms. The van der Waals surface area contributed by atoms with Gasteiger partial charge in [0.2, 0.25) is 0 Å². The Hall–Kier alpha value is -2.04. The van der Waals surface area contributed by atoms with E-state index >= 15 is 0 Å². The number of fused-ring (bicyclic) bond motifs is 1. The van der Waals surface area contributed by atoms with Crippen LogP contribution in [0, 0.1) is 5.82 Å². The molecule has 2 aromatic rings. The summed E-state index contributed by atoms with van der Waals surface area (Å²) in [6, 6.07) is 3.88. The van der Waals surface area contributed by atoms with Crippen molar-refractivity contribution in [2.75, 3.05) is 0 Å². The Morgan fingerprint density at radius 2 is 2.29 bits per heavy atom. The second-order valence-electron chi connectivity index (χ2n) is 2.73. The number of Topliss-reactive ketones (excluding diaryl/α,β-unsaturated/α-hetero) is 1. The lowest BCUT2D eigenvalue weighted by atomic mass is 10.3. The van der Waals surface area contributed by atoms with E-state index in [-0.39, 0.29) is 12.1 Å². The van der Waals surface area contributed by atoms with Gasteiger partial charge in [0.15, 0.2) is 12.1 Å². The predicted molar refractivity (Wildman–Crippen MR) is 46.4 cm³/mol. The molecule has 14 heavy (non-hydrogen) atoms. The molecule has 0 saturated heterocycles. The second kappa shape index (κ2) is 3.02. The number of rotatable bonds is 2. The van der Waals surface area contributed by atoms with Gasteiger partial charge < -0.3 is 4.98 Å². The van der Waals surface area contributed by atoms with Gasteiger partial charge in [-0.15, -0.1) is 0 Å². The number of halogens is 1. The van der Waals surface area contributed by atoms with Gasteiger partial charge in [-0.05, 0) is 18.2 Å². The van der Waals surface area contributed by atoms with Crippen molar-refractivity contribution >= 4 is 23.1 Å². The third kappa shape index (κ3) is 1.28. The number of H-pyrrole nitrogens is 1. The number of carbonyl (C=O) groups excluding carboxylic acids is 2. The van der Waals surface area contributed by atoms with Crippen LogP contribution in [0.1, 0.15) is 10.6 Å². The van der Waals surface area contributed by atoms with Crippen LogP contribution in [0.4, 0.5) is 4.39 Å². The molecule has 1 heterocycles. The third-order valence-corrected chi connectivity index (χ3v) is 1.78. The molecule has 1 aromatic carbocycles. The standard InChI is InChI=1S/C9H5FN2O2/c10-5-1-2-6-7(3-5)12-9(11-6)8(14)4-13/h1-4H,(H,11,12). The van der Waals surface area contributed by atoms with Crippen molar-refractivity contribution in [3.8, 4) is 0 Å². The number of hydrogen-bond acceptors (Lipinski definition) is 3. The molecule has 4 nitrogen and oxygen atoms in total. The highest BCUT2D eigenvalue weighted by molar-refractivity contribution is 6.32. The summed E-state index contributed by atoms with van der Waals surface area (Å²) in [7, 11) is 0. The van der Waals surface area contributed by atoms with E-state index in [0.717, 1.165) is 0 Å². The van der Waals surface area contributed by atoms with Gasteiger partial charge in [-0.2, -0.15) is 0 Å². The molecule has 0 unspecified atom stereocenters. The van der Waals surface area contributed by atoms with Crippen LogP contribution < -0.4 is 0 Å². The Morgan fingerprint density at radius 3 is 3.00 bits per heavy atom. The molecule has 0 aliphatic rings. The van der Waals surface area contributed by atoms with Crippen LogP contribution in [0.2, 0.25) is 0 Å². The van der Waals surface area contributed by atoms with Crippen molar-refractivity contribution in [2.24, 2.45) is 0 Å². The zero-order valence-electron chi connectivity index (χ0n) is 6.95. The maximum Gasteiger partial charge on any atom is 0.260 e. The minimum atomic E-state index is -0.749. The lowest BCUT2D eigenvalue weighted by Gasteiger charge is -1.86. The minimum Gasteiger partial charge on any atom is -0.335 e. The maximum atomic E-state index is 12.7. The Balaban J connectivity index is 2.62. The molecule has 0 aliphatic carbocycles. The summed E-state index contributed by atoms with van der Waals surface area (Å²) in [6.45, 7) is 0. The number of hydrogen-bond donors (Lipinski definition) is 1. The van der Waals surface area contributed by atoms with Gasteiger partial charge >= 0.3 is 0 Å². The topological polar surface area (TPSA) is 62.8 Å². The molecule has 0 saturated carbocycles. The van der Waals surface area contributed by atoms with Crippen LogP contribution in [0.3, 0.4) is 0 Å². The van der Waals surface area contributed by atoms with E-state index in [1.54, 1.807) is 0 Å². The smallest absolute Gasteiger partial charge is 0.260 e. The highest BCUT2D eigenvalue weighted by Gasteiger charge is 2.10. The summed E-state index contributed by atoms with van der Waals surface area (Å²) in [5.41, 5.74) is 0.854. The Labute approximate surface area is 77.8 Å². The molecule has 1 N–H and O–H groups in total. The van der Waals surface area contributed by atoms with Crippen LogP contribution in [0.25, 0.3) is 11.0 Å². The molecular formula is C9H5FN2O2. The van der Waals surface area contributed by atoms with Crippen LogP contribution in [-0.4, -0.2) is 22.0 Å². The van der Waals surface area contributed by atoms with Crippen molar-refractivity contribution in [1.82, 2.24) is 9.97 Å². The molecule has 0 radical (unpaired) electrons.